The molecule has 1 heterocycles. The quantitative estimate of drug-likeness (QED) is 0.848. The van der Waals surface area contributed by atoms with Crippen LogP contribution in [-0.4, -0.2) is 37.5 Å². The van der Waals surface area contributed by atoms with Gasteiger partial charge in [0.1, 0.15) is 6.61 Å². The van der Waals surface area contributed by atoms with Crippen molar-refractivity contribution in [2.75, 3.05) is 19.7 Å². The first kappa shape index (κ1) is 16.0. The Bertz CT molecular complexity index is 643. The molecule has 0 bridgehead atoms. The summed E-state index contributed by atoms with van der Waals surface area (Å²) in [5.74, 6) is 5.81. The molecule has 1 aliphatic heterocycles. The van der Waals surface area contributed by atoms with Crippen molar-refractivity contribution >= 4 is 10.0 Å². The van der Waals surface area contributed by atoms with Crippen molar-refractivity contribution < 1.29 is 13.5 Å². The summed E-state index contributed by atoms with van der Waals surface area (Å²) < 4.78 is 27.2. The first-order valence-electron chi connectivity index (χ1n) is 7.24. The van der Waals surface area contributed by atoms with Crippen LogP contribution in [0.5, 0.6) is 0 Å². The molecule has 0 saturated carbocycles. The lowest BCUT2D eigenvalue weighted by Gasteiger charge is -2.20. The Morgan fingerprint density at radius 1 is 1.29 bits per heavy atom. The first-order valence-corrected chi connectivity index (χ1v) is 8.68. The number of nitrogens with zero attached hydrogens (tertiary/aromatic N) is 1. The average Bonchev–Trinajstić information content (AvgIpc) is 2.70. The van der Waals surface area contributed by atoms with Gasteiger partial charge in [-0.25, -0.2) is 8.42 Å². The molecule has 1 aliphatic rings. The molecule has 1 unspecified atom stereocenters. The van der Waals surface area contributed by atoms with Crippen LogP contribution in [0.1, 0.15) is 31.7 Å². The molecule has 4 nitrogen and oxygen atoms in total. The molecule has 0 radical (unpaired) electrons. The summed E-state index contributed by atoms with van der Waals surface area (Å²) in [4.78, 5) is 0.237. The van der Waals surface area contributed by atoms with Gasteiger partial charge in [0.15, 0.2) is 0 Å². The lowest BCUT2D eigenvalue weighted by atomic mass is 10.0. The number of aliphatic hydroxyl groups excluding tert-OH is 1. The van der Waals surface area contributed by atoms with Gasteiger partial charge < -0.3 is 5.11 Å². The second-order valence-electron chi connectivity index (χ2n) is 5.40. The number of hydrogen-bond donors (Lipinski definition) is 1. The van der Waals surface area contributed by atoms with Crippen molar-refractivity contribution in [3.05, 3.63) is 29.8 Å². The highest BCUT2D eigenvalue weighted by atomic mass is 32.2. The van der Waals surface area contributed by atoms with Gasteiger partial charge in [-0.2, -0.15) is 4.31 Å². The van der Waals surface area contributed by atoms with E-state index in [9.17, 15) is 8.42 Å². The molecule has 5 heteroatoms. The summed E-state index contributed by atoms with van der Waals surface area (Å²) in [6.07, 6.45) is 2.85. The van der Waals surface area contributed by atoms with Crippen LogP contribution in [0.15, 0.2) is 29.2 Å². The highest BCUT2D eigenvalue weighted by Gasteiger charge is 2.28. The second-order valence-corrected chi connectivity index (χ2v) is 7.30. The minimum absolute atomic E-state index is 0.237. The molecule has 1 fully saturated rings. The number of benzene rings is 1. The summed E-state index contributed by atoms with van der Waals surface area (Å²) in [7, 11) is -3.52. The maximum absolute atomic E-state index is 12.8. The van der Waals surface area contributed by atoms with E-state index in [-0.39, 0.29) is 11.5 Å². The molecule has 114 valence electrons. The molecule has 0 amide bonds. The molecule has 1 aromatic rings. The van der Waals surface area contributed by atoms with Crippen LogP contribution in [-0.2, 0) is 10.0 Å². The number of aliphatic hydroxyl groups is 1. The lowest BCUT2D eigenvalue weighted by Crippen LogP contribution is -2.32. The fraction of sp³-hybridized carbons (Fsp3) is 0.500. The van der Waals surface area contributed by atoms with Gasteiger partial charge in [0.2, 0.25) is 10.0 Å². The molecule has 0 aromatic heterocycles. The van der Waals surface area contributed by atoms with Crippen LogP contribution in [0.25, 0.3) is 0 Å². The van der Waals surface area contributed by atoms with E-state index in [1.54, 1.807) is 28.6 Å². The minimum Gasteiger partial charge on any atom is -0.384 e. The van der Waals surface area contributed by atoms with E-state index in [1.165, 1.54) is 0 Å². The van der Waals surface area contributed by atoms with E-state index in [0.717, 1.165) is 19.3 Å². The van der Waals surface area contributed by atoms with Crippen LogP contribution in [0.2, 0.25) is 0 Å². The van der Waals surface area contributed by atoms with Crippen LogP contribution >= 0.6 is 0 Å². The SMILES string of the molecule is CC1CCCN(S(=O)(=O)c2ccccc2C#CCO)CC1. The predicted molar refractivity (Wildman–Crippen MR) is 82.2 cm³/mol. The summed E-state index contributed by atoms with van der Waals surface area (Å²) >= 11 is 0. The Labute approximate surface area is 126 Å². The fourth-order valence-electron chi connectivity index (χ4n) is 2.55. The first-order chi connectivity index (χ1) is 10.1. The Hall–Kier alpha value is -1.35. The zero-order valence-corrected chi connectivity index (χ0v) is 13.1. The Kier molecular flexibility index (Phi) is 5.40. The topological polar surface area (TPSA) is 57.6 Å². The van der Waals surface area contributed by atoms with Gasteiger partial charge in [-0.3, -0.25) is 0 Å². The maximum Gasteiger partial charge on any atom is 0.244 e. The van der Waals surface area contributed by atoms with Crippen LogP contribution < -0.4 is 0 Å². The van der Waals surface area contributed by atoms with E-state index >= 15 is 0 Å². The van der Waals surface area contributed by atoms with Gasteiger partial charge in [0, 0.05) is 18.7 Å². The van der Waals surface area contributed by atoms with E-state index in [0.29, 0.717) is 24.6 Å². The maximum atomic E-state index is 12.8. The van der Waals surface area contributed by atoms with Crippen molar-refractivity contribution in [2.45, 2.75) is 31.1 Å². The summed E-state index contributed by atoms with van der Waals surface area (Å²) in [5.41, 5.74) is 0.448. The Morgan fingerprint density at radius 3 is 2.81 bits per heavy atom. The smallest absolute Gasteiger partial charge is 0.244 e. The zero-order valence-electron chi connectivity index (χ0n) is 12.2. The van der Waals surface area contributed by atoms with Crippen molar-refractivity contribution in [1.82, 2.24) is 4.31 Å². The molecule has 1 N–H and O–H groups in total. The van der Waals surface area contributed by atoms with Gasteiger partial charge >= 0.3 is 0 Å². The highest BCUT2D eigenvalue weighted by molar-refractivity contribution is 7.89. The molecule has 0 spiro atoms. The van der Waals surface area contributed by atoms with Gasteiger partial charge in [0.25, 0.3) is 0 Å². The third kappa shape index (κ3) is 3.85. The van der Waals surface area contributed by atoms with Gasteiger partial charge in [0.05, 0.1) is 4.90 Å². The minimum atomic E-state index is -3.52. The molecular weight excluding hydrogens is 286 g/mol. The molecule has 21 heavy (non-hydrogen) atoms. The Morgan fingerprint density at radius 2 is 2.05 bits per heavy atom. The van der Waals surface area contributed by atoms with Gasteiger partial charge in [-0.1, -0.05) is 30.9 Å². The zero-order chi connectivity index (χ0) is 15.3. The summed E-state index contributed by atoms with van der Waals surface area (Å²) in [6, 6.07) is 6.73. The highest BCUT2D eigenvalue weighted by Crippen LogP contribution is 2.24. The molecule has 1 aromatic carbocycles. The van der Waals surface area contributed by atoms with E-state index in [1.807, 2.05) is 0 Å². The number of sulfonamides is 1. The number of rotatable bonds is 2. The average molecular weight is 307 g/mol. The van der Waals surface area contributed by atoms with Crippen LogP contribution in [0, 0.1) is 17.8 Å². The number of hydrogen-bond acceptors (Lipinski definition) is 3. The second kappa shape index (κ2) is 7.08. The third-order valence-corrected chi connectivity index (χ3v) is 5.74. The lowest BCUT2D eigenvalue weighted by molar-refractivity contribution is 0.350. The van der Waals surface area contributed by atoms with Gasteiger partial charge in [-0.15, -0.1) is 0 Å². The Balaban J connectivity index is 2.35. The molecule has 1 saturated heterocycles. The standard InChI is InChI=1S/C16H21NO3S/c1-14-6-4-11-17(12-10-14)21(19,20)16-9-3-2-7-15(16)8-5-13-18/h2-3,7,9,14,18H,4,6,10-13H2,1H3. The van der Waals surface area contributed by atoms with Crippen molar-refractivity contribution in [2.24, 2.45) is 5.92 Å². The van der Waals surface area contributed by atoms with E-state index in [4.69, 9.17) is 5.11 Å². The van der Waals surface area contributed by atoms with E-state index in [2.05, 4.69) is 18.8 Å². The van der Waals surface area contributed by atoms with Crippen molar-refractivity contribution in [1.29, 1.82) is 0 Å². The molecule has 2 rings (SSSR count). The van der Waals surface area contributed by atoms with Crippen LogP contribution in [0.3, 0.4) is 0 Å². The van der Waals surface area contributed by atoms with Crippen molar-refractivity contribution in [3.63, 3.8) is 0 Å². The van der Waals surface area contributed by atoms with Gasteiger partial charge in [-0.05, 0) is 37.3 Å². The monoisotopic (exact) mass is 307 g/mol. The molecule has 1 atom stereocenters. The van der Waals surface area contributed by atoms with Crippen LogP contribution in [0.4, 0.5) is 0 Å². The largest absolute Gasteiger partial charge is 0.384 e. The molecule has 0 aliphatic carbocycles. The predicted octanol–water partition coefficient (Wildman–Crippen LogP) is 1.84. The summed E-state index contributed by atoms with van der Waals surface area (Å²) in [6.45, 7) is 3.01. The van der Waals surface area contributed by atoms with E-state index < -0.39 is 10.0 Å². The van der Waals surface area contributed by atoms with Crippen molar-refractivity contribution in [3.8, 4) is 11.8 Å². The molecular formula is C16H21NO3S. The normalized spacial score (nSPS) is 20.4. The third-order valence-electron chi connectivity index (χ3n) is 3.78. The fourth-order valence-corrected chi connectivity index (χ4v) is 4.19. The summed E-state index contributed by atoms with van der Waals surface area (Å²) in [5, 5.41) is 8.80.